The van der Waals surface area contributed by atoms with Gasteiger partial charge in [0.15, 0.2) is 0 Å². The van der Waals surface area contributed by atoms with Crippen molar-refractivity contribution >= 4 is 28.8 Å². The summed E-state index contributed by atoms with van der Waals surface area (Å²) in [5.74, 6) is -0.452. The fourth-order valence-electron chi connectivity index (χ4n) is 5.31. The largest absolute Gasteiger partial charge is 0.359 e. The van der Waals surface area contributed by atoms with Crippen molar-refractivity contribution in [3.8, 4) is 0 Å². The van der Waals surface area contributed by atoms with Crippen molar-refractivity contribution in [3.63, 3.8) is 0 Å². The number of nitrogens with zero attached hydrogens (tertiary/aromatic N) is 3. The number of hydrazone groups is 1. The van der Waals surface area contributed by atoms with Crippen LogP contribution >= 0.6 is 12.2 Å². The molecule has 0 aromatic rings. The van der Waals surface area contributed by atoms with E-state index in [1.807, 2.05) is 6.92 Å². The van der Waals surface area contributed by atoms with Gasteiger partial charge in [-0.3, -0.25) is 15.1 Å². The van der Waals surface area contributed by atoms with Crippen molar-refractivity contribution in [2.24, 2.45) is 11.0 Å². The van der Waals surface area contributed by atoms with Crippen LogP contribution in [0.4, 0.5) is 8.78 Å². The second kappa shape index (κ2) is 12.4. The molecular weight excluding hydrogens is 430 g/mol. The fraction of sp³-hybridized carbons (Fsp3) is 0.875. The van der Waals surface area contributed by atoms with Gasteiger partial charge in [0.1, 0.15) is 11.6 Å². The molecule has 0 spiro atoms. The van der Waals surface area contributed by atoms with Crippen molar-refractivity contribution in [1.29, 1.82) is 0 Å². The Balaban J connectivity index is 1.28. The number of hydrogen-bond acceptors (Lipinski definition) is 4. The Morgan fingerprint density at radius 3 is 2.34 bits per heavy atom. The lowest BCUT2D eigenvalue weighted by molar-refractivity contribution is -0.119. The van der Waals surface area contributed by atoms with Gasteiger partial charge in [-0.05, 0) is 32.1 Å². The summed E-state index contributed by atoms with van der Waals surface area (Å²) in [6.07, 6.45) is 11.2. The highest BCUT2D eigenvalue weighted by molar-refractivity contribution is 7.80. The molecule has 0 amide bonds. The third-order valence-electron chi connectivity index (χ3n) is 7.48. The van der Waals surface area contributed by atoms with E-state index in [-0.39, 0.29) is 12.8 Å². The minimum absolute atomic E-state index is 0.0158. The maximum atomic E-state index is 13.4. The number of ketones is 1. The molecule has 0 unspecified atom stereocenters. The van der Waals surface area contributed by atoms with E-state index in [1.54, 1.807) is 0 Å². The van der Waals surface area contributed by atoms with E-state index >= 15 is 0 Å². The van der Waals surface area contributed by atoms with Crippen LogP contribution in [0.5, 0.6) is 0 Å². The molecule has 2 saturated heterocycles. The van der Waals surface area contributed by atoms with Crippen LogP contribution in [0.15, 0.2) is 5.10 Å². The highest BCUT2D eigenvalue weighted by Crippen LogP contribution is 2.31. The van der Waals surface area contributed by atoms with E-state index in [1.165, 1.54) is 32.1 Å². The third kappa shape index (κ3) is 8.32. The molecule has 0 aromatic heterocycles. The maximum Gasteiger partial charge on any atom is 0.250 e. The zero-order valence-corrected chi connectivity index (χ0v) is 20.4. The molecule has 2 heterocycles. The summed E-state index contributed by atoms with van der Waals surface area (Å²) < 4.78 is 26.8. The predicted octanol–water partition coefficient (Wildman–Crippen LogP) is 5.14. The number of halogens is 2. The van der Waals surface area contributed by atoms with Gasteiger partial charge in [-0.2, -0.15) is 5.10 Å². The lowest BCUT2D eigenvalue weighted by Gasteiger charge is -2.42. The number of amidine groups is 1. The zero-order valence-electron chi connectivity index (χ0n) is 19.6. The van der Waals surface area contributed by atoms with E-state index in [2.05, 4.69) is 20.3 Å². The number of carbonyl (C=O) groups excluding carboxylic acids is 1. The molecule has 0 bridgehead atoms. The van der Waals surface area contributed by atoms with Crippen LogP contribution in [-0.2, 0) is 4.79 Å². The SMILES string of the molecule is C/C(=N\NC(=S)CCC(=O)CCCC1CCCC1)N1CCC(N2CCC(F)(F)CC2)CC1. The van der Waals surface area contributed by atoms with Crippen LogP contribution in [0.3, 0.4) is 0 Å². The minimum atomic E-state index is -2.48. The van der Waals surface area contributed by atoms with Crippen molar-refractivity contribution < 1.29 is 13.6 Å². The Kier molecular flexibility index (Phi) is 9.83. The van der Waals surface area contributed by atoms with Gasteiger partial charge in [0.05, 0.1) is 4.99 Å². The van der Waals surface area contributed by atoms with Crippen LogP contribution in [0.25, 0.3) is 0 Å². The molecule has 32 heavy (non-hydrogen) atoms. The Morgan fingerprint density at radius 1 is 1.03 bits per heavy atom. The Bertz CT molecular complexity index is 648. The van der Waals surface area contributed by atoms with Gasteiger partial charge in [-0.25, -0.2) is 8.78 Å². The van der Waals surface area contributed by atoms with Gasteiger partial charge in [-0.15, -0.1) is 0 Å². The predicted molar refractivity (Wildman–Crippen MR) is 129 cm³/mol. The molecular formula is C24H40F2N4OS. The first-order valence-electron chi connectivity index (χ1n) is 12.5. The Labute approximate surface area is 197 Å². The number of alkyl halides is 2. The number of carbonyl (C=O) groups is 1. The summed E-state index contributed by atoms with van der Waals surface area (Å²) in [7, 11) is 0. The molecule has 0 aromatic carbocycles. The normalized spacial score (nSPS) is 23.5. The number of nitrogens with one attached hydrogen (secondary N) is 1. The van der Waals surface area contributed by atoms with Crippen molar-refractivity contribution in [2.75, 3.05) is 26.2 Å². The van der Waals surface area contributed by atoms with Gasteiger partial charge < -0.3 is 4.90 Å². The van der Waals surface area contributed by atoms with E-state index in [4.69, 9.17) is 12.2 Å². The topological polar surface area (TPSA) is 47.9 Å². The van der Waals surface area contributed by atoms with Gasteiger partial charge in [-0.1, -0.05) is 44.3 Å². The number of hydrogen-bond donors (Lipinski definition) is 1. The second-order valence-corrected chi connectivity index (χ2v) is 10.4. The van der Waals surface area contributed by atoms with Gasteiger partial charge >= 0.3 is 0 Å². The zero-order chi connectivity index (χ0) is 23.0. The summed E-state index contributed by atoms with van der Waals surface area (Å²) in [5.41, 5.74) is 2.95. The van der Waals surface area contributed by atoms with E-state index in [9.17, 15) is 13.6 Å². The number of Topliss-reactive ketones (excluding diaryl/α,β-unsaturated/α-hetero) is 1. The molecule has 1 N–H and O–H groups in total. The van der Waals surface area contributed by atoms with Gasteiger partial charge in [0.2, 0.25) is 0 Å². The number of likely N-dealkylation sites (tertiary alicyclic amines) is 2. The molecule has 5 nitrogen and oxygen atoms in total. The summed E-state index contributed by atoms with van der Waals surface area (Å²) >= 11 is 5.36. The van der Waals surface area contributed by atoms with E-state index < -0.39 is 5.92 Å². The summed E-state index contributed by atoms with van der Waals surface area (Å²) in [4.78, 5) is 17.2. The molecule has 1 aliphatic carbocycles. The third-order valence-corrected chi connectivity index (χ3v) is 7.78. The number of thiocarbonyl (C=S) groups is 1. The van der Waals surface area contributed by atoms with Crippen LogP contribution in [0.2, 0.25) is 0 Å². The monoisotopic (exact) mass is 470 g/mol. The first-order chi connectivity index (χ1) is 15.3. The first-order valence-corrected chi connectivity index (χ1v) is 12.9. The minimum Gasteiger partial charge on any atom is -0.359 e. The number of piperidine rings is 2. The molecule has 0 radical (unpaired) electrons. The molecule has 1 saturated carbocycles. The fourth-order valence-corrected chi connectivity index (χ4v) is 5.45. The Hall–Kier alpha value is -1.15. The summed E-state index contributed by atoms with van der Waals surface area (Å²) in [5, 5.41) is 4.42. The average molecular weight is 471 g/mol. The summed E-state index contributed by atoms with van der Waals surface area (Å²) in [6.45, 7) is 4.72. The Morgan fingerprint density at radius 2 is 1.69 bits per heavy atom. The van der Waals surface area contributed by atoms with Crippen LogP contribution in [0, 0.1) is 5.92 Å². The van der Waals surface area contributed by atoms with Gasteiger partial charge in [0, 0.05) is 64.3 Å². The van der Waals surface area contributed by atoms with Crippen LogP contribution < -0.4 is 5.43 Å². The molecule has 2 aliphatic heterocycles. The standard InChI is InChI=1S/C24H40F2N4OS/c1-19(29-15-11-21(12-16-29)30-17-13-24(25,26)14-18-30)27-28-23(32)10-9-22(31)8-4-7-20-5-2-3-6-20/h20-21H,2-18H2,1H3,(H,28,32)/b27-19+. The average Bonchev–Trinajstić information content (AvgIpc) is 3.30. The highest BCUT2D eigenvalue weighted by Gasteiger charge is 2.37. The van der Waals surface area contributed by atoms with Crippen molar-refractivity contribution in [1.82, 2.24) is 15.2 Å². The van der Waals surface area contributed by atoms with Crippen LogP contribution in [0.1, 0.15) is 90.4 Å². The number of rotatable bonds is 9. The molecule has 3 rings (SSSR count). The van der Waals surface area contributed by atoms with Crippen molar-refractivity contribution in [2.45, 2.75) is 102 Å². The molecule has 8 heteroatoms. The maximum absolute atomic E-state index is 13.4. The van der Waals surface area contributed by atoms with Crippen molar-refractivity contribution in [3.05, 3.63) is 0 Å². The molecule has 3 fully saturated rings. The van der Waals surface area contributed by atoms with E-state index in [0.717, 1.165) is 44.1 Å². The molecule has 0 atom stereocenters. The molecule has 3 aliphatic rings. The second-order valence-electron chi connectivity index (χ2n) is 9.89. The lowest BCUT2D eigenvalue weighted by atomic mass is 9.98. The van der Waals surface area contributed by atoms with Gasteiger partial charge in [0.25, 0.3) is 5.92 Å². The lowest BCUT2D eigenvalue weighted by Crippen LogP contribution is -2.50. The van der Waals surface area contributed by atoms with Crippen LogP contribution in [-0.4, -0.2) is 64.6 Å². The quantitative estimate of drug-likeness (QED) is 0.219. The first kappa shape index (κ1) is 25.5. The van der Waals surface area contributed by atoms with E-state index in [0.29, 0.717) is 49.2 Å². The summed E-state index contributed by atoms with van der Waals surface area (Å²) in [6, 6.07) is 0.392. The molecule has 182 valence electrons. The smallest absolute Gasteiger partial charge is 0.250 e. The highest BCUT2D eigenvalue weighted by atomic mass is 32.1.